The molecule has 33 heavy (non-hydrogen) atoms. The fourth-order valence-electron chi connectivity index (χ4n) is 4.58. The molecule has 0 aliphatic carbocycles. The Morgan fingerprint density at radius 1 is 1.21 bits per heavy atom. The number of aryl methyl sites for hydroxylation is 2. The Morgan fingerprint density at radius 2 is 2.00 bits per heavy atom. The molecule has 0 bridgehead atoms. The van der Waals surface area contributed by atoms with Gasteiger partial charge in [-0.2, -0.15) is 5.10 Å². The number of nitrogens with zero attached hydrogens (tertiary/aromatic N) is 4. The lowest BCUT2D eigenvalue weighted by Crippen LogP contribution is -2.41. The highest BCUT2D eigenvalue weighted by Crippen LogP contribution is 2.35. The van der Waals surface area contributed by atoms with Crippen LogP contribution in [0.4, 0.5) is 0 Å². The summed E-state index contributed by atoms with van der Waals surface area (Å²) >= 11 is 1.38. The molecule has 1 atom stereocenters. The first-order chi connectivity index (χ1) is 15.9. The molecule has 2 aliphatic rings. The van der Waals surface area contributed by atoms with Gasteiger partial charge >= 0.3 is 0 Å². The van der Waals surface area contributed by atoms with Crippen molar-refractivity contribution < 1.29 is 19.1 Å². The largest absolute Gasteiger partial charge is 0.488 e. The third-order valence-electron chi connectivity index (χ3n) is 6.25. The van der Waals surface area contributed by atoms with Crippen LogP contribution in [0.5, 0.6) is 5.75 Å². The van der Waals surface area contributed by atoms with Crippen LogP contribution in [0.15, 0.2) is 23.6 Å². The second-order valence-electron chi connectivity index (χ2n) is 8.57. The molecule has 2 saturated heterocycles. The maximum atomic E-state index is 12.7. The van der Waals surface area contributed by atoms with Crippen molar-refractivity contribution in [2.24, 2.45) is 7.05 Å². The van der Waals surface area contributed by atoms with Gasteiger partial charge in [0.25, 0.3) is 5.91 Å². The van der Waals surface area contributed by atoms with E-state index < -0.39 is 5.92 Å². The number of aromatic nitrogens is 3. The van der Waals surface area contributed by atoms with Gasteiger partial charge in [-0.3, -0.25) is 24.4 Å². The topological polar surface area (TPSA) is 106 Å². The number of thiazole rings is 1. The van der Waals surface area contributed by atoms with Crippen molar-refractivity contribution in [3.8, 4) is 5.75 Å². The van der Waals surface area contributed by atoms with Crippen LogP contribution in [0.25, 0.3) is 10.9 Å². The molecule has 172 valence electrons. The molecule has 2 fully saturated rings. The van der Waals surface area contributed by atoms with Crippen molar-refractivity contribution in [1.82, 2.24) is 25.0 Å². The standard InChI is InChI=1S/C23H25N5O4S/c1-13-12-33-22(24-13)23(31)28-10-8-14(9-11-28)32-17-5-3-4-15-19(26-27(2)20(15)17)16-6-7-18(29)25-21(16)30/h3-5,12,14,16H,6-11H2,1-2H3,(H,25,29,30). The summed E-state index contributed by atoms with van der Waals surface area (Å²) in [6.45, 7) is 3.12. The van der Waals surface area contributed by atoms with Gasteiger partial charge < -0.3 is 9.64 Å². The number of benzene rings is 1. The van der Waals surface area contributed by atoms with Gasteiger partial charge in [0.05, 0.1) is 11.6 Å². The quantitative estimate of drug-likeness (QED) is 0.591. The number of nitrogens with one attached hydrogen (secondary N) is 1. The third kappa shape index (κ3) is 4.10. The van der Waals surface area contributed by atoms with Crippen LogP contribution < -0.4 is 10.1 Å². The van der Waals surface area contributed by atoms with E-state index in [1.165, 1.54) is 11.3 Å². The van der Waals surface area contributed by atoms with Gasteiger partial charge in [-0.25, -0.2) is 4.98 Å². The number of hydrogen-bond acceptors (Lipinski definition) is 7. The summed E-state index contributed by atoms with van der Waals surface area (Å²) in [6, 6.07) is 5.75. The van der Waals surface area contributed by atoms with Crippen molar-refractivity contribution in [3.05, 3.63) is 40.0 Å². The number of hydrogen-bond donors (Lipinski definition) is 1. The molecule has 3 aromatic rings. The summed E-state index contributed by atoms with van der Waals surface area (Å²) in [7, 11) is 1.84. The molecule has 1 aromatic carbocycles. The number of carbonyl (C=O) groups is 3. The predicted octanol–water partition coefficient (Wildman–Crippen LogP) is 2.54. The molecule has 4 heterocycles. The van der Waals surface area contributed by atoms with Gasteiger partial charge in [0.15, 0.2) is 5.01 Å². The number of fused-ring (bicyclic) bond motifs is 1. The minimum atomic E-state index is -0.453. The summed E-state index contributed by atoms with van der Waals surface area (Å²) in [5, 5.41) is 10.3. The molecule has 2 aliphatic heterocycles. The second kappa shape index (κ2) is 8.58. The van der Waals surface area contributed by atoms with Crippen LogP contribution in [0, 0.1) is 6.92 Å². The first kappa shape index (κ1) is 21.6. The first-order valence-electron chi connectivity index (χ1n) is 11.1. The predicted molar refractivity (Wildman–Crippen MR) is 122 cm³/mol. The number of rotatable bonds is 4. The average Bonchev–Trinajstić information content (AvgIpc) is 3.38. The minimum Gasteiger partial charge on any atom is -0.488 e. The number of ether oxygens (including phenoxy) is 1. The van der Waals surface area contributed by atoms with Gasteiger partial charge in [-0.05, 0) is 19.4 Å². The normalized spacial score (nSPS) is 19.7. The molecule has 10 heteroatoms. The second-order valence-corrected chi connectivity index (χ2v) is 9.43. The maximum Gasteiger partial charge on any atom is 0.282 e. The Bertz CT molecular complexity index is 1240. The van der Waals surface area contributed by atoms with Gasteiger partial charge in [0.1, 0.15) is 17.4 Å². The third-order valence-corrected chi connectivity index (χ3v) is 7.20. The van der Waals surface area contributed by atoms with Crippen molar-refractivity contribution in [2.75, 3.05) is 13.1 Å². The molecule has 1 unspecified atom stereocenters. The fraction of sp³-hybridized carbons (Fsp3) is 0.435. The number of piperidine rings is 2. The maximum absolute atomic E-state index is 12.7. The Morgan fingerprint density at radius 3 is 2.70 bits per heavy atom. The van der Waals surface area contributed by atoms with Crippen LogP contribution in [-0.4, -0.2) is 56.6 Å². The zero-order chi connectivity index (χ0) is 23.1. The SMILES string of the molecule is Cc1csc(C(=O)N2CCC(Oc3cccc4c(C5CCC(=O)NC5=O)nn(C)c34)CC2)n1. The van der Waals surface area contributed by atoms with Crippen molar-refractivity contribution in [2.45, 2.75) is 44.6 Å². The van der Waals surface area contributed by atoms with Crippen LogP contribution in [0.1, 0.15) is 52.8 Å². The van der Waals surface area contributed by atoms with Gasteiger partial charge in [-0.15, -0.1) is 11.3 Å². The molecule has 2 aromatic heterocycles. The molecule has 1 N–H and O–H groups in total. The van der Waals surface area contributed by atoms with E-state index in [2.05, 4.69) is 15.4 Å². The van der Waals surface area contributed by atoms with E-state index in [0.29, 0.717) is 42.4 Å². The molecular weight excluding hydrogens is 442 g/mol. The minimum absolute atomic E-state index is 0.0193. The van der Waals surface area contributed by atoms with Crippen molar-refractivity contribution >= 4 is 40.0 Å². The summed E-state index contributed by atoms with van der Waals surface area (Å²) in [6.07, 6.45) is 2.19. The number of para-hydroxylation sites is 1. The number of imide groups is 1. The highest BCUT2D eigenvalue weighted by Gasteiger charge is 2.32. The van der Waals surface area contributed by atoms with Gasteiger partial charge in [0.2, 0.25) is 11.8 Å². The smallest absolute Gasteiger partial charge is 0.282 e. The van der Waals surface area contributed by atoms with E-state index in [0.717, 1.165) is 29.4 Å². The highest BCUT2D eigenvalue weighted by molar-refractivity contribution is 7.11. The number of likely N-dealkylation sites (tertiary alicyclic amines) is 1. The lowest BCUT2D eigenvalue weighted by Gasteiger charge is -2.31. The van der Waals surface area contributed by atoms with E-state index in [-0.39, 0.29) is 23.8 Å². The zero-order valence-corrected chi connectivity index (χ0v) is 19.4. The fourth-order valence-corrected chi connectivity index (χ4v) is 5.34. The molecule has 0 radical (unpaired) electrons. The monoisotopic (exact) mass is 467 g/mol. The Labute approximate surface area is 194 Å². The van der Waals surface area contributed by atoms with Crippen molar-refractivity contribution in [3.63, 3.8) is 0 Å². The van der Waals surface area contributed by atoms with E-state index in [9.17, 15) is 14.4 Å². The Balaban J connectivity index is 1.31. The van der Waals surface area contributed by atoms with Crippen LogP contribution in [0.3, 0.4) is 0 Å². The molecule has 9 nitrogen and oxygen atoms in total. The van der Waals surface area contributed by atoms with E-state index >= 15 is 0 Å². The van der Waals surface area contributed by atoms with Crippen LogP contribution in [0.2, 0.25) is 0 Å². The summed E-state index contributed by atoms with van der Waals surface area (Å²) in [5.74, 6) is -0.304. The highest BCUT2D eigenvalue weighted by atomic mass is 32.1. The van der Waals surface area contributed by atoms with E-state index in [1.54, 1.807) is 4.68 Å². The van der Waals surface area contributed by atoms with Crippen LogP contribution >= 0.6 is 11.3 Å². The van der Waals surface area contributed by atoms with E-state index in [4.69, 9.17) is 4.74 Å². The molecule has 5 rings (SSSR count). The Hall–Kier alpha value is -3.27. The summed E-state index contributed by atoms with van der Waals surface area (Å²) in [5.41, 5.74) is 2.36. The molecular formula is C23H25N5O4S. The van der Waals surface area contributed by atoms with Crippen molar-refractivity contribution in [1.29, 1.82) is 0 Å². The molecule has 0 saturated carbocycles. The van der Waals surface area contributed by atoms with Gasteiger partial charge in [0, 0.05) is 55.9 Å². The average molecular weight is 468 g/mol. The Kier molecular flexibility index (Phi) is 5.61. The van der Waals surface area contributed by atoms with E-state index in [1.807, 2.05) is 42.5 Å². The molecule has 3 amide bonds. The summed E-state index contributed by atoms with van der Waals surface area (Å²) in [4.78, 5) is 42.7. The van der Waals surface area contributed by atoms with Crippen LogP contribution in [-0.2, 0) is 16.6 Å². The van der Waals surface area contributed by atoms with Gasteiger partial charge in [-0.1, -0.05) is 12.1 Å². The lowest BCUT2D eigenvalue weighted by molar-refractivity contribution is -0.134. The number of carbonyl (C=O) groups excluding carboxylic acids is 3. The zero-order valence-electron chi connectivity index (χ0n) is 18.5. The summed E-state index contributed by atoms with van der Waals surface area (Å²) < 4.78 is 8.11. The first-order valence-corrected chi connectivity index (χ1v) is 12.0. The number of amides is 3. The lowest BCUT2D eigenvalue weighted by atomic mass is 9.93. The molecule has 0 spiro atoms.